The van der Waals surface area contributed by atoms with E-state index >= 15 is 0 Å². The molecule has 3 fully saturated rings. The first kappa shape index (κ1) is 12.6. The summed E-state index contributed by atoms with van der Waals surface area (Å²) in [5, 5.41) is 0. The summed E-state index contributed by atoms with van der Waals surface area (Å²) >= 11 is 0. The van der Waals surface area contributed by atoms with Crippen LogP contribution in [-0.2, 0) is 16.1 Å². The second-order valence-corrected chi connectivity index (χ2v) is 7.04. The molecule has 1 aromatic carbocycles. The third-order valence-corrected chi connectivity index (χ3v) is 6.01. The second-order valence-electron chi connectivity index (χ2n) is 7.04. The zero-order chi connectivity index (χ0) is 15.0. The molecule has 3 nitrogen and oxygen atoms in total. The number of carbonyl (C=O) groups is 2. The van der Waals surface area contributed by atoms with Crippen molar-refractivity contribution in [1.82, 2.24) is 4.90 Å². The molecule has 1 saturated heterocycles. The van der Waals surface area contributed by atoms with Crippen LogP contribution in [0.1, 0.15) is 12.0 Å². The van der Waals surface area contributed by atoms with E-state index in [9.17, 15) is 14.0 Å². The molecule has 4 heteroatoms. The summed E-state index contributed by atoms with van der Waals surface area (Å²) in [5.74, 6) is 1.12. The maximum Gasteiger partial charge on any atom is 0.234 e. The van der Waals surface area contributed by atoms with Crippen molar-refractivity contribution >= 4 is 11.8 Å². The Hall–Kier alpha value is -1.97. The lowest BCUT2D eigenvalue weighted by molar-refractivity contribution is -0.140. The minimum absolute atomic E-state index is 0.0241. The molecule has 0 radical (unpaired) electrons. The van der Waals surface area contributed by atoms with E-state index in [1.165, 1.54) is 23.5 Å². The highest BCUT2D eigenvalue weighted by atomic mass is 19.1. The first-order valence-electron chi connectivity index (χ1n) is 7.93. The van der Waals surface area contributed by atoms with Crippen molar-refractivity contribution < 1.29 is 14.0 Å². The number of halogens is 1. The van der Waals surface area contributed by atoms with Crippen molar-refractivity contribution in [3.8, 4) is 0 Å². The van der Waals surface area contributed by atoms with Crippen LogP contribution in [0.4, 0.5) is 4.39 Å². The van der Waals surface area contributed by atoms with Gasteiger partial charge in [0.2, 0.25) is 11.8 Å². The standard InChI is InChI=1S/C18H16FNO2/c19-10-3-1-9(2-4-10)8-20-17(21)15-11-5-6-12(14-7-13(11)14)16(15)18(20)22/h1-6,11-16H,7-8H2/t11-,12-,13-,14+,15-,16+/m1/s1. The van der Waals surface area contributed by atoms with Crippen LogP contribution in [0.3, 0.4) is 0 Å². The van der Waals surface area contributed by atoms with E-state index in [0.717, 1.165) is 5.56 Å². The van der Waals surface area contributed by atoms with Gasteiger partial charge in [0.1, 0.15) is 5.82 Å². The molecule has 1 aliphatic heterocycles. The summed E-state index contributed by atoms with van der Waals surface area (Å²) in [6.45, 7) is 0.264. The van der Waals surface area contributed by atoms with Crippen LogP contribution in [0.5, 0.6) is 0 Å². The Morgan fingerprint density at radius 3 is 2.05 bits per heavy atom. The van der Waals surface area contributed by atoms with Crippen LogP contribution < -0.4 is 0 Å². The Labute approximate surface area is 127 Å². The molecule has 1 aromatic rings. The first-order valence-corrected chi connectivity index (χ1v) is 7.93. The average Bonchev–Trinajstić information content (AvgIpc) is 3.30. The second kappa shape index (κ2) is 4.06. The van der Waals surface area contributed by atoms with E-state index < -0.39 is 0 Å². The number of hydrogen-bond acceptors (Lipinski definition) is 2. The van der Waals surface area contributed by atoms with E-state index in [1.807, 2.05) is 0 Å². The van der Waals surface area contributed by atoms with Crippen LogP contribution in [0.2, 0.25) is 0 Å². The highest BCUT2D eigenvalue weighted by Gasteiger charge is 2.66. The molecule has 0 N–H and O–H groups in total. The summed E-state index contributed by atoms with van der Waals surface area (Å²) < 4.78 is 13.0. The highest BCUT2D eigenvalue weighted by molar-refractivity contribution is 6.06. The fourth-order valence-corrected chi connectivity index (χ4v) is 4.95. The first-order chi connectivity index (χ1) is 10.6. The number of nitrogens with zero attached hydrogens (tertiary/aromatic N) is 1. The maximum absolute atomic E-state index is 13.0. The van der Waals surface area contributed by atoms with Gasteiger partial charge >= 0.3 is 0 Å². The Kier molecular flexibility index (Phi) is 2.32. The predicted octanol–water partition coefficient (Wildman–Crippen LogP) is 2.38. The van der Waals surface area contributed by atoms with Gasteiger partial charge in [0.05, 0.1) is 18.4 Å². The molecule has 6 rings (SSSR count). The molecule has 1 heterocycles. The van der Waals surface area contributed by atoms with E-state index in [-0.39, 0.29) is 47.8 Å². The molecule has 4 aliphatic carbocycles. The maximum atomic E-state index is 13.0. The van der Waals surface area contributed by atoms with Gasteiger partial charge in [0.25, 0.3) is 0 Å². The lowest BCUT2D eigenvalue weighted by Crippen LogP contribution is -2.40. The van der Waals surface area contributed by atoms with Gasteiger partial charge in [-0.1, -0.05) is 24.3 Å². The molecular formula is C18H16FNO2. The van der Waals surface area contributed by atoms with Crippen molar-refractivity contribution in [3.05, 3.63) is 47.8 Å². The topological polar surface area (TPSA) is 37.4 Å². The largest absolute Gasteiger partial charge is 0.278 e. The summed E-state index contributed by atoms with van der Waals surface area (Å²) in [6, 6.07) is 6.02. The summed E-state index contributed by atoms with van der Waals surface area (Å²) in [7, 11) is 0. The van der Waals surface area contributed by atoms with Gasteiger partial charge in [-0.2, -0.15) is 0 Å². The Balaban J connectivity index is 1.46. The molecule has 0 aromatic heterocycles. The summed E-state index contributed by atoms with van der Waals surface area (Å²) in [5.41, 5.74) is 0.798. The Morgan fingerprint density at radius 2 is 1.50 bits per heavy atom. The van der Waals surface area contributed by atoms with Crippen molar-refractivity contribution in [2.75, 3.05) is 0 Å². The fraction of sp³-hybridized carbons (Fsp3) is 0.444. The van der Waals surface area contributed by atoms with Crippen molar-refractivity contribution in [2.45, 2.75) is 13.0 Å². The van der Waals surface area contributed by atoms with Crippen LogP contribution in [0, 0.1) is 41.3 Å². The molecule has 5 aliphatic rings. The number of likely N-dealkylation sites (tertiary alicyclic amines) is 1. The zero-order valence-electron chi connectivity index (χ0n) is 12.0. The van der Waals surface area contributed by atoms with Gasteiger partial charge in [0.15, 0.2) is 0 Å². The number of benzene rings is 1. The molecule has 0 spiro atoms. The summed E-state index contributed by atoms with van der Waals surface area (Å²) in [6.07, 6.45) is 5.52. The molecule has 112 valence electrons. The number of hydrogen-bond donors (Lipinski definition) is 0. The van der Waals surface area contributed by atoms with Gasteiger partial charge in [-0.3, -0.25) is 14.5 Å². The van der Waals surface area contributed by atoms with E-state index in [1.54, 1.807) is 12.1 Å². The third kappa shape index (κ3) is 1.50. The predicted molar refractivity (Wildman–Crippen MR) is 76.7 cm³/mol. The lowest BCUT2D eigenvalue weighted by Gasteiger charge is -2.37. The fourth-order valence-electron chi connectivity index (χ4n) is 4.95. The average molecular weight is 297 g/mol. The van der Waals surface area contributed by atoms with Crippen LogP contribution in [0.25, 0.3) is 0 Å². The number of rotatable bonds is 2. The summed E-state index contributed by atoms with van der Waals surface area (Å²) in [4.78, 5) is 26.9. The van der Waals surface area contributed by atoms with Gasteiger partial charge < -0.3 is 0 Å². The number of carbonyl (C=O) groups excluding carboxylic acids is 2. The third-order valence-electron chi connectivity index (χ3n) is 6.01. The van der Waals surface area contributed by atoms with Crippen LogP contribution in [-0.4, -0.2) is 16.7 Å². The number of imide groups is 1. The van der Waals surface area contributed by atoms with Crippen LogP contribution in [0.15, 0.2) is 36.4 Å². The van der Waals surface area contributed by atoms with Gasteiger partial charge in [-0.05, 0) is 47.8 Å². The van der Waals surface area contributed by atoms with Crippen molar-refractivity contribution in [3.63, 3.8) is 0 Å². The lowest BCUT2D eigenvalue weighted by atomic mass is 9.63. The van der Waals surface area contributed by atoms with Gasteiger partial charge in [-0.15, -0.1) is 0 Å². The monoisotopic (exact) mass is 297 g/mol. The normalized spacial score (nSPS) is 40.9. The Morgan fingerprint density at radius 1 is 0.955 bits per heavy atom. The smallest absolute Gasteiger partial charge is 0.234 e. The van der Waals surface area contributed by atoms with Crippen LogP contribution >= 0.6 is 0 Å². The number of amides is 2. The molecule has 2 saturated carbocycles. The molecule has 22 heavy (non-hydrogen) atoms. The highest BCUT2D eigenvalue weighted by Crippen LogP contribution is 2.65. The van der Waals surface area contributed by atoms with E-state index in [4.69, 9.17) is 0 Å². The minimum Gasteiger partial charge on any atom is -0.278 e. The van der Waals surface area contributed by atoms with Gasteiger partial charge in [0, 0.05) is 0 Å². The quantitative estimate of drug-likeness (QED) is 0.621. The zero-order valence-corrected chi connectivity index (χ0v) is 12.0. The molecule has 2 amide bonds. The van der Waals surface area contributed by atoms with Crippen molar-refractivity contribution in [1.29, 1.82) is 0 Å². The molecule has 2 bridgehead atoms. The molecular weight excluding hydrogens is 281 g/mol. The van der Waals surface area contributed by atoms with Gasteiger partial charge in [-0.25, -0.2) is 4.39 Å². The Bertz CT molecular complexity index is 674. The van der Waals surface area contributed by atoms with Crippen molar-refractivity contribution in [2.24, 2.45) is 35.5 Å². The molecule has 6 atom stereocenters. The van der Waals surface area contributed by atoms with E-state index in [0.29, 0.717) is 11.8 Å². The SMILES string of the molecule is O=C1[C@@H]2[C@@H]3C=C[C@H]([C@@H]4C[C@H]34)[C@@H]2C(=O)N1Cc1ccc(F)cc1. The number of allylic oxidation sites excluding steroid dienone is 2. The minimum atomic E-state index is -0.307. The van der Waals surface area contributed by atoms with E-state index in [2.05, 4.69) is 12.2 Å². The molecule has 0 unspecified atom stereocenters.